The van der Waals surface area contributed by atoms with E-state index in [1.165, 1.54) is 5.57 Å². The summed E-state index contributed by atoms with van der Waals surface area (Å²) in [5.74, 6) is -0.279. The Labute approximate surface area is 339 Å². The Hall–Kier alpha value is -2.63. The monoisotopic (exact) mass is 795 g/mol. The lowest BCUT2D eigenvalue weighted by Crippen LogP contribution is -2.66. The molecule has 312 valence electrons. The zero-order chi connectivity index (χ0) is 41.4. The largest absolute Gasteiger partial charge is 0.481 e. The third-order valence-electron chi connectivity index (χ3n) is 16.6. The van der Waals surface area contributed by atoms with E-state index in [0.717, 1.165) is 61.9 Å². The summed E-state index contributed by atoms with van der Waals surface area (Å²) in [4.78, 5) is 60.3. The molecule has 1 aromatic rings. The number of Topliss-reactive ketones (excluding diaryl/α,β-unsaturated/α-hetero) is 1. The molecule has 0 bridgehead atoms. The number of carbonyl (C=O) groups is 4. The molecule has 6 rings (SSSR count). The van der Waals surface area contributed by atoms with Crippen LogP contribution in [0.3, 0.4) is 0 Å². The average molecular weight is 796 g/mol. The second-order valence-electron chi connectivity index (χ2n) is 21.0. The van der Waals surface area contributed by atoms with Crippen LogP contribution in [0.25, 0.3) is 0 Å². The van der Waals surface area contributed by atoms with Gasteiger partial charge in [0.25, 0.3) is 0 Å². The Morgan fingerprint density at radius 2 is 1.68 bits per heavy atom. The van der Waals surface area contributed by atoms with Crippen molar-refractivity contribution in [2.45, 2.75) is 145 Å². The number of ether oxygens (including phenoxy) is 1. The number of carboxylic acid groups (broad SMARTS) is 1. The number of aliphatic hydroxyl groups excluding tert-OH is 1. The molecular weight excluding hydrogens is 727 g/mol. The highest BCUT2D eigenvalue weighted by Gasteiger charge is 2.71. The lowest BCUT2D eigenvalue weighted by molar-refractivity contribution is -0.235. The third kappa shape index (κ3) is 6.91. The van der Waals surface area contributed by atoms with E-state index in [9.17, 15) is 29.4 Å². The fourth-order valence-electron chi connectivity index (χ4n) is 13.4. The number of aromatic nitrogens is 1. The van der Waals surface area contributed by atoms with Gasteiger partial charge in [-0.3, -0.25) is 24.1 Å². The number of thiazole rings is 1. The second kappa shape index (κ2) is 14.9. The summed E-state index contributed by atoms with van der Waals surface area (Å²) < 4.78 is 6.18. The predicted molar refractivity (Wildman–Crippen MR) is 217 cm³/mol. The highest BCUT2D eigenvalue weighted by atomic mass is 32.1. The molecule has 9 atom stereocenters. The first-order chi connectivity index (χ1) is 25.9. The number of nitrogens with zero attached hydrogens (tertiary/aromatic N) is 3. The molecule has 0 aliphatic heterocycles. The van der Waals surface area contributed by atoms with Crippen molar-refractivity contribution in [2.24, 2.45) is 56.2 Å². The molecule has 0 radical (unpaired) electrons. The normalized spacial score (nSPS) is 35.7. The maximum absolute atomic E-state index is 14.3. The summed E-state index contributed by atoms with van der Waals surface area (Å²) in [6, 6.07) is 0. The maximum atomic E-state index is 14.3. The second-order valence-corrected chi connectivity index (χ2v) is 21.9. The minimum atomic E-state index is -1.18. The van der Waals surface area contributed by atoms with E-state index in [1.54, 1.807) is 50.4 Å². The number of hydrogen-bond donors (Lipinski definition) is 2. The first-order valence-corrected chi connectivity index (χ1v) is 22.0. The lowest BCUT2D eigenvalue weighted by atomic mass is 9.33. The van der Waals surface area contributed by atoms with Crippen LogP contribution in [0, 0.1) is 56.2 Å². The minimum absolute atomic E-state index is 0.000876. The Kier molecular flexibility index (Phi) is 11.4. The molecule has 5 aliphatic rings. The maximum Gasteiger partial charge on any atom is 0.309 e. The number of carboxylic acids is 1. The molecule has 1 amide bonds. The van der Waals surface area contributed by atoms with Gasteiger partial charge in [0, 0.05) is 49.5 Å². The van der Waals surface area contributed by atoms with Crippen molar-refractivity contribution in [3.8, 4) is 0 Å². The molecule has 11 heteroatoms. The first-order valence-electron chi connectivity index (χ1n) is 21.1. The van der Waals surface area contributed by atoms with Gasteiger partial charge in [0.15, 0.2) is 5.78 Å². The minimum Gasteiger partial charge on any atom is -0.481 e. The first kappa shape index (κ1) is 43.0. The van der Waals surface area contributed by atoms with Gasteiger partial charge in [-0.25, -0.2) is 4.98 Å². The van der Waals surface area contributed by atoms with Gasteiger partial charge in [-0.15, -0.1) is 11.3 Å². The summed E-state index contributed by atoms with van der Waals surface area (Å²) in [5.41, 5.74) is -0.00957. The van der Waals surface area contributed by atoms with Gasteiger partial charge in [0.2, 0.25) is 5.91 Å². The number of allylic oxidation sites excluding steroid dienone is 1. The van der Waals surface area contributed by atoms with Crippen molar-refractivity contribution in [3.05, 3.63) is 27.7 Å². The topological polar surface area (TPSA) is 137 Å². The summed E-state index contributed by atoms with van der Waals surface area (Å²) in [7, 11) is 3.51. The molecule has 0 spiro atoms. The Morgan fingerprint density at radius 3 is 2.29 bits per heavy atom. The molecule has 4 saturated carbocycles. The molecule has 2 N–H and O–H groups in total. The summed E-state index contributed by atoms with van der Waals surface area (Å²) in [6.45, 7) is 20.4. The molecule has 0 saturated heterocycles. The number of hydrogen-bond acceptors (Lipinski definition) is 9. The van der Waals surface area contributed by atoms with Gasteiger partial charge in [0.1, 0.15) is 11.1 Å². The molecule has 1 aromatic heterocycles. The molecule has 1 unspecified atom stereocenters. The Bertz CT molecular complexity index is 1740. The van der Waals surface area contributed by atoms with Crippen molar-refractivity contribution in [1.82, 2.24) is 14.8 Å². The van der Waals surface area contributed by atoms with Crippen LogP contribution in [-0.4, -0.2) is 88.0 Å². The number of fused-ring (bicyclic) bond motifs is 7. The summed E-state index contributed by atoms with van der Waals surface area (Å²) in [5, 5.41) is 25.0. The molecule has 1 heterocycles. The molecule has 56 heavy (non-hydrogen) atoms. The van der Waals surface area contributed by atoms with Crippen LogP contribution < -0.4 is 0 Å². The van der Waals surface area contributed by atoms with Gasteiger partial charge in [0.05, 0.1) is 31.0 Å². The smallest absolute Gasteiger partial charge is 0.309 e. The number of amides is 1. The van der Waals surface area contributed by atoms with E-state index in [2.05, 4.69) is 53.5 Å². The molecule has 0 aromatic carbocycles. The van der Waals surface area contributed by atoms with E-state index in [1.807, 2.05) is 10.3 Å². The van der Waals surface area contributed by atoms with E-state index in [0.29, 0.717) is 31.3 Å². The van der Waals surface area contributed by atoms with Crippen LogP contribution in [0.1, 0.15) is 132 Å². The zero-order valence-corrected chi connectivity index (χ0v) is 36.8. The van der Waals surface area contributed by atoms with E-state index < -0.39 is 28.9 Å². The van der Waals surface area contributed by atoms with Crippen LogP contribution in [-0.2, 0) is 30.5 Å². The number of esters is 1. The summed E-state index contributed by atoms with van der Waals surface area (Å²) in [6.07, 6.45) is 8.31. The molecular formula is C45H69N3O7S. The fourth-order valence-corrected chi connectivity index (χ4v) is 14.0. The predicted octanol–water partition coefficient (Wildman–Crippen LogP) is 7.79. The van der Waals surface area contributed by atoms with Crippen LogP contribution in [0.5, 0.6) is 0 Å². The number of rotatable bonds is 12. The van der Waals surface area contributed by atoms with Gasteiger partial charge in [-0.2, -0.15) is 0 Å². The number of aliphatic hydroxyl groups is 1. The van der Waals surface area contributed by atoms with Gasteiger partial charge < -0.3 is 19.8 Å². The van der Waals surface area contributed by atoms with Gasteiger partial charge in [-0.05, 0) is 111 Å². The number of likely N-dealkylation sites (N-methyl/N-ethyl adjacent to an activating group) is 1. The van der Waals surface area contributed by atoms with Crippen LogP contribution >= 0.6 is 11.3 Å². The van der Waals surface area contributed by atoms with Crippen LogP contribution in [0.4, 0.5) is 0 Å². The Morgan fingerprint density at radius 1 is 0.982 bits per heavy atom. The Balaban J connectivity index is 1.29. The standard InChI is InChI=1S/C45H69N3O7S/c1-27(2)37-29(49)22-45(32(50)24-48(26-35(51)47(10)11)25-34-46-20-21-56-34)19-18-43(8)28(38(37)45)12-13-31-42(7)16-15-33(55-36(52)23-40(3,4)39(53)54)41(5,6)30(42)14-17-44(31,43)9/h20-21,27-28,30-33,50H,12-19,22-26H2,1-11H3,(H,53,54)/t28-,30?,31-,32+,33+,42+,43-,44-,45+/m1/s1. The molecule has 5 aliphatic carbocycles. The van der Waals surface area contributed by atoms with Crippen LogP contribution in [0.15, 0.2) is 22.7 Å². The third-order valence-corrected chi connectivity index (χ3v) is 17.4. The van der Waals surface area contributed by atoms with Crippen molar-refractivity contribution in [3.63, 3.8) is 0 Å². The SMILES string of the molecule is CC(C)C1=C2[C@H]3CC[C@@H]4[C@@]5(C)CC[C@H](OC(=O)CC(C)(C)C(=O)O)C(C)(C)C5CC[C@@]4(C)[C@]3(C)CC[C@@]2([C@@H](O)CN(CC(=O)N(C)C)Cc2nccs2)CC1=O. The number of aliphatic carboxylic acids is 1. The van der Waals surface area contributed by atoms with Crippen molar-refractivity contribution >= 4 is 35.0 Å². The highest BCUT2D eigenvalue weighted by Crippen LogP contribution is 2.77. The van der Waals surface area contributed by atoms with E-state index in [4.69, 9.17) is 4.74 Å². The average Bonchev–Trinajstić information content (AvgIpc) is 3.71. The molecule has 4 fully saturated rings. The van der Waals surface area contributed by atoms with Crippen molar-refractivity contribution in [2.75, 3.05) is 27.2 Å². The van der Waals surface area contributed by atoms with Gasteiger partial charge in [-0.1, -0.05) is 54.0 Å². The fraction of sp³-hybridized carbons (Fsp3) is 0.800. The van der Waals surface area contributed by atoms with Gasteiger partial charge >= 0.3 is 11.9 Å². The lowest BCUT2D eigenvalue weighted by Gasteiger charge is -2.72. The van der Waals surface area contributed by atoms with Crippen molar-refractivity contribution < 1.29 is 34.1 Å². The number of carbonyl (C=O) groups excluding carboxylic acids is 3. The summed E-state index contributed by atoms with van der Waals surface area (Å²) >= 11 is 1.54. The zero-order valence-electron chi connectivity index (χ0n) is 36.0. The molecule has 10 nitrogen and oxygen atoms in total. The highest BCUT2D eigenvalue weighted by molar-refractivity contribution is 7.09. The van der Waals surface area contributed by atoms with E-state index in [-0.39, 0.29) is 64.3 Å². The van der Waals surface area contributed by atoms with Crippen molar-refractivity contribution in [1.29, 1.82) is 0 Å². The van der Waals surface area contributed by atoms with E-state index >= 15 is 0 Å². The quantitative estimate of drug-likeness (QED) is 0.203. The van der Waals surface area contributed by atoms with Crippen LogP contribution in [0.2, 0.25) is 0 Å². The number of ketones is 1.